The van der Waals surface area contributed by atoms with E-state index >= 15 is 0 Å². The molecule has 41 heavy (non-hydrogen) atoms. The monoisotopic (exact) mass is 586 g/mol. The van der Waals surface area contributed by atoms with Gasteiger partial charge in [0.25, 0.3) is 5.91 Å². The van der Waals surface area contributed by atoms with Crippen molar-refractivity contribution in [3.63, 3.8) is 0 Å². The molecule has 3 heterocycles. The number of anilines is 1. The van der Waals surface area contributed by atoms with Gasteiger partial charge in [0.2, 0.25) is 5.91 Å². The number of carbonyl (C=O) groups excluding carboxylic acids is 3. The van der Waals surface area contributed by atoms with E-state index in [0.29, 0.717) is 49.2 Å². The van der Waals surface area contributed by atoms with Crippen LogP contribution in [0, 0.1) is 17.8 Å². The lowest BCUT2D eigenvalue weighted by Crippen LogP contribution is -2.59. The fraction of sp³-hybridized carbons (Fsp3) is 0.594. The number of rotatable bonds is 14. The van der Waals surface area contributed by atoms with Crippen LogP contribution in [0.1, 0.15) is 59.3 Å². The molecular formula is C32H43ClN2O6. The maximum atomic E-state index is 14.7. The minimum Gasteiger partial charge on any atom is -0.465 e. The Kier molecular flexibility index (Phi) is 9.66. The van der Waals surface area contributed by atoms with Crippen LogP contribution in [0.15, 0.2) is 49.6 Å². The van der Waals surface area contributed by atoms with Crippen molar-refractivity contribution in [2.45, 2.75) is 82.6 Å². The van der Waals surface area contributed by atoms with E-state index in [4.69, 9.17) is 21.1 Å². The van der Waals surface area contributed by atoms with E-state index in [-0.39, 0.29) is 37.5 Å². The summed E-state index contributed by atoms with van der Waals surface area (Å²) in [4.78, 5) is 45.9. The van der Waals surface area contributed by atoms with Crippen LogP contribution in [-0.4, -0.2) is 70.8 Å². The number of carbonyl (C=O) groups is 3. The first-order chi connectivity index (χ1) is 19.6. The summed E-state index contributed by atoms with van der Waals surface area (Å²) in [6, 6.07) is 5.35. The minimum absolute atomic E-state index is 0.145. The molecule has 1 N–H and O–H groups in total. The number of esters is 1. The molecule has 1 spiro atoms. The number of allylic oxidation sites excluding steroid dienone is 1. The number of nitrogens with zero attached hydrogens (tertiary/aromatic N) is 2. The first kappa shape index (κ1) is 31.3. The maximum Gasteiger partial charge on any atom is 0.312 e. The average Bonchev–Trinajstić information content (AvgIpc) is 3.56. The zero-order valence-corrected chi connectivity index (χ0v) is 25.1. The van der Waals surface area contributed by atoms with Gasteiger partial charge >= 0.3 is 5.97 Å². The lowest BCUT2D eigenvalue weighted by atomic mass is 9.65. The summed E-state index contributed by atoms with van der Waals surface area (Å²) in [5, 5.41) is 10.9. The fourth-order valence-electron chi connectivity index (χ4n) is 7.25. The van der Waals surface area contributed by atoms with Gasteiger partial charge in [0.05, 0.1) is 41.5 Å². The van der Waals surface area contributed by atoms with Gasteiger partial charge in [-0.15, -0.1) is 13.2 Å². The Bertz CT molecular complexity index is 1170. The topological polar surface area (TPSA) is 96.4 Å². The van der Waals surface area contributed by atoms with Gasteiger partial charge in [-0.2, -0.15) is 0 Å². The van der Waals surface area contributed by atoms with Gasteiger partial charge < -0.3 is 24.4 Å². The standard InChI is InChI=1S/C32H43ClN2O6/c1-6-9-12-18-40-30(39)26-25-28(37)35(22(20-36)19-21(4)5)27(32(25)16-15-31(26,8-3)41-32)29(38)34(17-7-2)24-14-11-10-13-23(24)33/h6-7,10-11,13-14,21-22,25-27,36H,1-2,8-9,12,15-20H2,3-5H3/t22-,25+,26+,27?,31-,32?/m1/s1. The van der Waals surface area contributed by atoms with Crippen LogP contribution in [0.3, 0.4) is 0 Å². The highest BCUT2D eigenvalue weighted by Crippen LogP contribution is 2.65. The van der Waals surface area contributed by atoms with Gasteiger partial charge in [0, 0.05) is 6.54 Å². The van der Waals surface area contributed by atoms with Gasteiger partial charge in [0.15, 0.2) is 0 Å². The normalized spacial score (nSPS) is 29.0. The number of amides is 2. The van der Waals surface area contributed by atoms with E-state index in [1.807, 2.05) is 20.8 Å². The van der Waals surface area contributed by atoms with Crippen LogP contribution in [0.2, 0.25) is 5.02 Å². The Hall–Kier alpha value is -2.68. The Labute approximate surface area is 248 Å². The highest BCUT2D eigenvalue weighted by molar-refractivity contribution is 6.34. The van der Waals surface area contributed by atoms with Crippen LogP contribution >= 0.6 is 11.6 Å². The molecule has 3 aliphatic heterocycles. The molecule has 0 saturated carbocycles. The van der Waals surface area contributed by atoms with E-state index in [0.717, 1.165) is 0 Å². The summed E-state index contributed by atoms with van der Waals surface area (Å²) in [7, 11) is 0. The molecule has 4 rings (SSSR count). The molecular weight excluding hydrogens is 544 g/mol. The second-order valence-corrected chi connectivity index (χ2v) is 12.2. The molecule has 2 bridgehead atoms. The second-order valence-electron chi connectivity index (χ2n) is 11.8. The Balaban J connectivity index is 1.83. The average molecular weight is 587 g/mol. The molecule has 2 amide bonds. The summed E-state index contributed by atoms with van der Waals surface area (Å²) in [5.74, 6) is -2.78. The van der Waals surface area contributed by atoms with Crippen molar-refractivity contribution >= 4 is 35.1 Å². The molecule has 3 saturated heterocycles. The Morgan fingerprint density at radius 3 is 2.61 bits per heavy atom. The van der Waals surface area contributed by atoms with Crippen molar-refractivity contribution in [1.29, 1.82) is 0 Å². The molecule has 9 heteroatoms. The van der Waals surface area contributed by atoms with Gasteiger partial charge in [-0.1, -0.05) is 56.7 Å². The largest absolute Gasteiger partial charge is 0.465 e. The number of para-hydroxylation sites is 1. The van der Waals surface area contributed by atoms with Gasteiger partial charge in [-0.3, -0.25) is 14.4 Å². The molecule has 0 radical (unpaired) electrons. The predicted octanol–water partition coefficient (Wildman–Crippen LogP) is 4.93. The minimum atomic E-state index is -1.24. The lowest BCUT2D eigenvalue weighted by molar-refractivity contribution is -0.162. The number of likely N-dealkylation sites (tertiary alicyclic amines) is 1. The first-order valence-corrected chi connectivity index (χ1v) is 15.1. The van der Waals surface area contributed by atoms with Gasteiger partial charge in [0.1, 0.15) is 17.6 Å². The van der Waals surface area contributed by atoms with Crippen LogP contribution in [-0.2, 0) is 23.9 Å². The highest BCUT2D eigenvalue weighted by atomic mass is 35.5. The zero-order valence-electron chi connectivity index (χ0n) is 24.4. The molecule has 6 atom stereocenters. The SMILES string of the molecule is C=CCCCOC(=O)[C@@H]1[C@H]2C(=O)N([C@@H](CO)CC(C)C)C(C(=O)N(CC=C)c3ccccc3Cl)C23CC[C@@]1(CC)O3. The van der Waals surface area contributed by atoms with E-state index in [9.17, 15) is 19.5 Å². The van der Waals surface area contributed by atoms with Crippen LogP contribution in [0.4, 0.5) is 5.69 Å². The van der Waals surface area contributed by atoms with Crippen LogP contribution in [0.25, 0.3) is 0 Å². The lowest BCUT2D eigenvalue weighted by Gasteiger charge is -2.40. The number of fused-ring (bicyclic) bond motifs is 1. The summed E-state index contributed by atoms with van der Waals surface area (Å²) >= 11 is 6.55. The molecule has 8 nitrogen and oxygen atoms in total. The number of unbranched alkanes of at least 4 members (excludes halogenated alkanes) is 1. The number of benzene rings is 1. The maximum absolute atomic E-state index is 14.7. The van der Waals surface area contributed by atoms with Crippen LogP contribution in [0.5, 0.6) is 0 Å². The van der Waals surface area contributed by atoms with E-state index in [2.05, 4.69) is 13.2 Å². The molecule has 0 aromatic heterocycles. The van der Waals surface area contributed by atoms with Gasteiger partial charge in [-0.25, -0.2) is 0 Å². The van der Waals surface area contributed by atoms with Crippen molar-refractivity contribution in [1.82, 2.24) is 4.90 Å². The summed E-state index contributed by atoms with van der Waals surface area (Å²) in [6.45, 7) is 13.6. The van der Waals surface area contributed by atoms with Crippen molar-refractivity contribution in [2.24, 2.45) is 17.8 Å². The quantitative estimate of drug-likeness (QED) is 0.189. The van der Waals surface area contributed by atoms with E-state index in [1.54, 1.807) is 36.4 Å². The fourth-order valence-corrected chi connectivity index (χ4v) is 7.49. The third-order valence-corrected chi connectivity index (χ3v) is 9.29. The van der Waals surface area contributed by atoms with Gasteiger partial charge in [-0.05, 0) is 56.6 Å². The molecule has 3 aliphatic rings. The Morgan fingerprint density at radius 1 is 1.27 bits per heavy atom. The van der Waals surface area contributed by atoms with E-state index in [1.165, 1.54) is 9.80 Å². The van der Waals surface area contributed by atoms with Crippen molar-refractivity contribution in [3.05, 3.63) is 54.6 Å². The number of aliphatic hydroxyl groups is 1. The van der Waals surface area contributed by atoms with Crippen molar-refractivity contribution < 1.29 is 29.0 Å². The number of hydrogen-bond acceptors (Lipinski definition) is 6. The van der Waals surface area contributed by atoms with Crippen molar-refractivity contribution in [2.75, 3.05) is 24.7 Å². The third kappa shape index (κ3) is 5.35. The third-order valence-electron chi connectivity index (χ3n) is 8.97. The second kappa shape index (κ2) is 12.7. The van der Waals surface area contributed by atoms with Crippen molar-refractivity contribution in [3.8, 4) is 0 Å². The number of aliphatic hydroxyl groups excluding tert-OH is 1. The Morgan fingerprint density at radius 2 is 2.00 bits per heavy atom. The zero-order chi connectivity index (χ0) is 29.9. The molecule has 224 valence electrons. The molecule has 1 aromatic rings. The first-order valence-electron chi connectivity index (χ1n) is 14.7. The summed E-state index contributed by atoms with van der Waals surface area (Å²) < 4.78 is 12.5. The predicted molar refractivity (Wildman–Crippen MR) is 158 cm³/mol. The van der Waals surface area contributed by atoms with Crippen LogP contribution < -0.4 is 4.90 Å². The summed E-state index contributed by atoms with van der Waals surface area (Å²) in [6.07, 6.45) is 6.67. The molecule has 3 fully saturated rings. The molecule has 1 aromatic carbocycles. The molecule has 2 unspecified atom stereocenters. The highest BCUT2D eigenvalue weighted by Gasteiger charge is 2.79. The smallest absolute Gasteiger partial charge is 0.312 e. The number of ether oxygens (including phenoxy) is 2. The molecule has 0 aliphatic carbocycles. The number of halogens is 1. The van der Waals surface area contributed by atoms with E-state index < -0.39 is 41.1 Å². The summed E-state index contributed by atoms with van der Waals surface area (Å²) in [5.41, 5.74) is -1.65. The number of hydrogen-bond donors (Lipinski definition) is 1.